The van der Waals surface area contributed by atoms with Crippen LogP contribution in [0.1, 0.15) is 48.0 Å². The standard InChI is InChI=1S/C18H21FN4O2/c1-25-15-8-7-11(19)9-13(15)16(24)14-10-21-18(23-17(14)20)22-12-5-3-2-4-6-12/h7-10,12H,2-6H2,1H3,(H3,20,21,22,23). The molecular formula is C18H21FN4O2. The molecule has 3 rings (SSSR count). The fraction of sp³-hybridized carbons (Fsp3) is 0.389. The van der Waals surface area contributed by atoms with E-state index in [1.54, 1.807) is 0 Å². The van der Waals surface area contributed by atoms with Crippen molar-refractivity contribution in [2.24, 2.45) is 0 Å². The van der Waals surface area contributed by atoms with Gasteiger partial charge in [-0.05, 0) is 31.0 Å². The smallest absolute Gasteiger partial charge is 0.224 e. The van der Waals surface area contributed by atoms with Gasteiger partial charge in [-0.15, -0.1) is 0 Å². The zero-order chi connectivity index (χ0) is 17.8. The first-order valence-electron chi connectivity index (χ1n) is 8.36. The van der Waals surface area contributed by atoms with E-state index in [1.807, 2.05) is 0 Å². The van der Waals surface area contributed by atoms with E-state index < -0.39 is 11.6 Å². The first-order valence-corrected chi connectivity index (χ1v) is 8.36. The zero-order valence-electron chi connectivity index (χ0n) is 14.1. The van der Waals surface area contributed by atoms with Crippen LogP contribution < -0.4 is 15.8 Å². The number of halogens is 1. The summed E-state index contributed by atoms with van der Waals surface area (Å²) in [5.74, 6) is -0.260. The van der Waals surface area contributed by atoms with Gasteiger partial charge in [-0.25, -0.2) is 9.37 Å². The number of methoxy groups -OCH3 is 1. The number of anilines is 2. The molecule has 0 radical (unpaired) electrons. The molecule has 0 atom stereocenters. The van der Waals surface area contributed by atoms with Gasteiger partial charge in [0.2, 0.25) is 11.7 Å². The first kappa shape index (κ1) is 17.1. The minimum absolute atomic E-state index is 0.0598. The number of hydrogen-bond acceptors (Lipinski definition) is 6. The largest absolute Gasteiger partial charge is 0.496 e. The summed E-state index contributed by atoms with van der Waals surface area (Å²) in [5.41, 5.74) is 6.16. The minimum Gasteiger partial charge on any atom is -0.496 e. The van der Waals surface area contributed by atoms with Crippen LogP contribution in [-0.4, -0.2) is 28.9 Å². The van der Waals surface area contributed by atoms with Crippen molar-refractivity contribution in [2.75, 3.05) is 18.2 Å². The van der Waals surface area contributed by atoms with E-state index in [9.17, 15) is 9.18 Å². The van der Waals surface area contributed by atoms with Crippen molar-refractivity contribution in [3.63, 3.8) is 0 Å². The lowest BCUT2D eigenvalue weighted by Gasteiger charge is -2.22. The molecule has 3 N–H and O–H groups in total. The molecule has 2 aromatic rings. The van der Waals surface area contributed by atoms with E-state index in [1.165, 1.54) is 44.7 Å². The van der Waals surface area contributed by atoms with Gasteiger partial charge in [-0.1, -0.05) is 19.3 Å². The number of nitrogens with zero attached hydrogens (tertiary/aromatic N) is 2. The lowest BCUT2D eigenvalue weighted by Crippen LogP contribution is -2.24. The maximum Gasteiger partial charge on any atom is 0.224 e. The van der Waals surface area contributed by atoms with Crippen LogP contribution in [0.5, 0.6) is 5.75 Å². The lowest BCUT2D eigenvalue weighted by molar-refractivity contribution is 0.103. The first-order chi connectivity index (χ1) is 12.1. The van der Waals surface area contributed by atoms with Crippen molar-refractivity contribution in [2.45, 2.75) is 38.1 Å². The number of hydrogen-bond donors (Lipinski definition) is 2. The van der Waals surface area contributed by atoms with Gasteiger partial charge < -0.3 is 15.8 Å². The SMILES string of the molecule is COc1ccc(F)cc1C(=O)c1cnc(NC2CCCCC2)nc1N. The van der Waals surface area contributed by atoms with Crippen LogP contribution in [0.15, 0.2) is 24.4 Å². The topological polar surface area (TPSA) is 90.1 Å². The number of rotatable bonds is 5. The summed E-state index contributed by atoms with van der Waals surface area (Å²) in [6.45, 7) is 0. The molecule has 0 spiro atoms. The molecule has 1 aromatic heterocycles. The van der Waals surface area contributed by atoms with Gasteiger partial charge in [-0.3, -0.25) is 4.79 Å². The van der Waals surface area contributed by atoms with Crippen LogP contribution in [0.25, 0.3) is 0 Å². The summed E-state index contributed by atoms with van der Waals surface area (Å²) in [7, 11) is 1.42. The summed E-state index contributed by atoms with van der Waals surface area (Å²) in [4.78, 5) is 21.1. The predicted molar refractivity (Wildman–Crippen MR) is 93.3 cm³/mol. The highest BCUT2D eigenvalue weighted by molar-refractivity contribution is 6.13. The highest BCUT2D eigenvalue weighted by atomic mass is 19.1. The normalized spacial score (nSPS) is 15.0. The Bertz CT molecular complexity index is 776. The molecule has 1 fully saturated rings. The molecule has 25 heavy (non-hydrogen) atoms. The minimum atomic E-state index is -0.528. The molecule has 0 aliphatic heterocycles. The Morgan fingerprint density at radius 1 is 1.28 bits per heavy atom. The van der Waals surface area contributed by atoms with Gasteiger partial charge in [0.25, 0.3) is 0 Å². The number of carbonyl (C=O) groups excluding carboxylic acids is 1. The van der Waals surface area contributed by atoms with Crippen molar-refractivity contribution in [3.8, 4) is 5.75 Å². The number of aromatic nitrogens is 2. The van der Waals surface area contributed by atoms with E-state index in [-0.39, 0.29) is 22.7 Å². The second-order valence-electron chi connectivity index (χ2n) is 6.15. The quantitative estimate of drug-likeness (QED) is 0.810. The number of ketones is 1. The van der Waals surface area contributed by atoms with Crippen LogP contribution >= 0.6 is 0 Å². The molecule has 6 nitrogen and oxygen atoms in total. The molecule has 1 aliphatic carbocycles. The summed E-state index contributed by atoms with van der Waals surface area (Å²) in [6, 6.07) is 4.08. The second kappa shape index (κ2) is 7.46. The monoisotopic (exact) mass is 344 g/mol. The maximum absolute atomic E-state index is 13.5. The Balaban J connectivity index is 1.83. The van der Waals surface area contributed by atoms with Crippen molar-refractivity contribution in [3.05, 3.63) is 41.3 Å². The highest BCUT2D eigenvalue weighted by Crippen LogP contribution is 2.25. The van der Waals surface area contributed by atoms with E-state index in [4.69, 9.17) is 10.5 Å². The predicted octanol–water partition coefficient (Wildman–Crippen LogP) is 3.18. The molecular weight excluding hydrogens is 323 g/mol. The Morgan fingerprint density at radius 2 is 2.04 bits per heavy atom. The Kier molecular flexibility index (Phi) is 5.11. The van der Waals surface area contributed by atoms with Crippen molar-refractivity contribution in [1.29, 1.82) is 0 Å². The zero-order valence-corrected chi connectivity index (χ0v) is 14.1. The fourth-order valence-corrected chi connectivity index (χ4v) is 3.07. The molecule has 1 aromatic carbocycles. The van der Waals surface area contributed by atoms with Gasteiger partial charge in [-0.2, -0.15) is 4.98 Å². The summed E-state index contributed by atoms with van der Waals surface area (Å²) in [6.07, 6.45) is 7.14. The molecule has 1 heterocycles. The molecule has 1 aliphatic rings. The molecule has 7 heteroatoms. The number of benzene rings is 1. The molecule has 0 amide bonds. The lowest BCUT2D eigenvalue weighted by atomic mass is 9.96. The van der Waals surface area contributed by atoms with Crippen molar-refractivity contribution < 1.29 is 13.9 Å². The maximum atomic E-state index is 13.5. The van der Waals surface area contributed by atoms with Crippen LogP contribution in [0.2, 0.25) is 0 Å². The van der Waals surface area contributed by atoms with Crippen molar-refractivity contribution >= 4 is 17.5 Å². The number of nitrogens with one attached hydrogen (secondary N) is 1. The van der Waals surface area contributed by atoms with Gasteiger partial charge in [0, 0.05) is 12.2 Å². The summed E-state index contributed by atoms with van der Waals surface area (Å²) >= 11 is 0. The summed E-state index contributed by atoms with van der Waals surface area (Å²) < 4.78 is 18.6. The van der Waals surface area contributed by atoms with Gasteiger partial charge in [0.05, 0.1) is 18.2 Å². The van der Waals surface area contributed by atoms with Crippen LogP contribution in [0.3, 0.4) is 0 Å². The van der Waals surface area contributed by atoms with Gasteiger partial charge in [0.1, 0.15) is 17.4 Å². The number of ether oxygens (including phenoxy) is 1. The van der Waals surface area contributed by atoms with Crippen LogP contribution in [0.4, 0.5) is 16.2 Å². The third kappa shape index (κ3) is 3.87. The van der Waals surface area contributed by atoms with E-state index in [0.717, 1.165) is 18.9 Å². The highest BCUT2D eigenvalue weighted by Gasteiger charge is 2.20. The van der Waals surface area contributed by atoms with Gasteiger partial charge >= 0.3 is 0 Å². The van der Waals surface area contributed by atoms with E-state index >= 15 is 0 Å². The Morgan fingerprint density at radius 3 is 2.72 bits per heavy atom. The Labute approximate surface area is 145 Å². The molecule has 0 saturated heterocycles. The Hall–Kier alpha value is -2.70. The average molecular weight is 344 g/mol. The molecule has 0 bridgehead atoms. The third-order valence-corrected chi connectivity index (χ3v) is 4.41. The number of nitrogen functional groups attached to an aromatic ring is 1. The molecule has 0 unspecified atom stereocenters. The van der Waals surface area contributed by atoms with Crippen LogP contribution in [-0.2, 0) is 0 Å². The fourth-order valence-electron chi connectivity index (χ4n) is 3.07. The number of carbonyl (C=O) groups is 1. The van der Waals surface area contributed by atoms with Crippen molar-refractivity contribution in [1.82, 2.24) is 9.97 Å². The molecule has 132 valence electrons. The second-order valence-corrected chi connectivity index (χ2v) is 6.15. The van der Waals surface area contributed by atoms with Gasteiger partial charge in [0.15, 0.2) is 0 Å². The number of nitrogens with two attached hydrogens (primary N) is 1. The van der Waals surface area contributed by atoms with Crippen LogP contribution in [0, 0.1) is 5.82 Å². The summed E-state index contributed by atoms with van der Waals surface area (Å²) in [5, 5.41) is 3.26. The van der Waals surface area contributed by atoms with E-state index in [2.05, 4.69) is 15.3 Å². The van der Waals surface area contributed by atoms with E-state index in [0.29, 0.717) is 12.0 Å². The third-order valence-electron chi connectivity index (χ3n) is 4.41. The average Bonchev–Trinajstić information content (AvgIpc) is 2.62. The molecule has 1 saturated carbocycles.